The number of rotatable bonds is 4. The highest BCUT2D eigenvalue weighted by Crippen LogP contribution is 2.41. The van der Waals surface area contributed by atoms with Gasteiger partial charge in [0.15, 0.2) is 0 Å². The Morgan fingerprint density at radius 1 is 0.643 bits per heavy atom. The molecule has 0 heterocycles. The van der Waals surface area contributed by atoms with Crippen molar-refractivity contribution in [1.29, 1.82) is 5.26 Å². The minimum atomic E-state index is -0.893. The topological polar surface area (TPSA) is 44.0 Å². The molecule has 0 saturated carbocycles. The molecule has 3 heteroatoms. The smallest absolute Gasteiger partial charge is 0.141 e. The molecule has 0 aliphatic carbocycles. The van der Waals surface area contributed by atoms with Crippen LogP contribution in [0.5, 0.6) is 5.75 Å². The number of hydrogen-bond acceptors (Lipinski definition) is 2. The summed E-state index contributed by atoms with van der Waals surface area (Å²) in [5.41, 5.74) is 1.93. The fourth-order valence-electron chi connectivity index (χ4n) is 3.33. The Labute approximate surface area is 166 Å². The molecule has 4 aromatic rings. The standard InChI is InChI=1S/C25H18NOP/c26-18-20-16-17-23(24(25(20)27)19-10-4-1-5-11-19)28(21-12-6-2-7-13-21)22-14-8-3-9-15-22/h1-17,27H. The lowest BCUT2D eigenvalue weighted by atomic mass is 10.0. The van der Waals surface area contributed by atoms with E-state index < -0.39 is 7.92 Å². The normalized spacial score (nSPS) is 10.6. The molecule has 0 spiro atoms. The van der Waals surface area contributed by atoms with E-state index in [-0.39, 0.29) is 5.75 Å². The van der Waals surface area contributed by atoms with Crippen LogP contribution in [0.1, 0.15) is 5.56 Å². The Bertz CT molecular complexity index is 1080. The SMILES string of the molecule is N#Cc1ccc(P(c2ccccc2)c2ccccc2)c(-c2ccccc2)c1O. The van der Waals surface area contributed by atoms with Gasteiger partial charge in [-0.2, -0.15) is 5.26 Å². The molecule has 0 aliphatic heterocycles. The summed E-state index contributed by atoms with van der Waals surface area (Å²) in [6.07, 6.45) is 0. The summed E-state index contributed by atoms with van der Waals surface area (Å²) < 4.78 is 0. The van der Waals surface area contributed by atoms with Gasteiger partial charge in [0.25, 0.3) is 0 Å². The number of nitrogens with zero attached hydrogens (tertiary/aromatic N) is 1. The Morgan fingerprint density at radius 3 is 1.64 bits per heavy atom. The van der Waals surface area contributed by atoms with E-state index in [9.17, 15) is 10.4 Å². The molecule has 134 valence electrons. The number of nitriles is 1. The van der Waals surface area contributed by atoms with Crippen LogP contribution in [0.4, 0.5) is 0 Å². The molecule has 0 fully saturated rings. The Balaban J connectivity index is 2.03. The van der Waals surface area contributed by atoms with Crippen molar-refractivity contribution in [3.05, 3.63) is 109 Å². The summed E-state index contributed by atoms with van der Waals surface area (Å²) >= 11 is 0. The second kappa shape index (κ2) is 8.09. The zero-order valence-electron chi connectivity index (χ0n) is 15.2. The molecule has 2 nitrogen and oxygen atoms in total. The molecule has 4 rings (SSSR count). The molecule has 0 aliphatic rings. The van der Waals surface area contributed by atoms with Crippen LogP contribution in [0.25, 0.3) is 11.1 Å². The Morgan fingerprint density at radius 2 is 1.14 bits per heavy atom. The predicted molar refractivity (Wildman–Crippen MR) is 117 cm³/mol. The van der Waals surface area contributed by atoms with Crippen LogP contribution in [0.3, 0.4) is 0 Å². The van der Waals surface area contributed by atoms with Gasteiger partial charge in [-0.15, -0.1) is 0 Å². The maximum atomic E-state index is 11.0. The van der Waals surface area contributed by atoms with E-state index in [0.29, 0.717) is 5.56 Å². The van der Waals surface area contributed by atoms with Gasteiger partial charge in [-0.1, -0.05) is 97.1 Å². The molecule has 0 aromatic heterocycles. The maximum absolute atomic E-state index is 11.0. The quantitative estimate of drug-likeness (QED) is 0.523. The first-order valence-corrected chi connectivity index (χ1v) is 10.4. The summed E-state index contributed by atoms with van der Waals surface area (Å²) in [7, 11) is -0.893. The van der Waals surface area contributed by atoms with Crippen LogP contribution in [-0.2, 0) is 0 Å². The second-order valence-electron chi connectivity index (χ2n) is 6.34. The van der Waals surface area contributed by atoms with Crippen molar-refractivity contribution in [3.8, 4) is 22.9 Å². The molecule has 0 radical (unpaired) electrons. The number of phenols is 1. The molecule has 1 N–H and O–H groups in total. The van der Waals surface area contributed by atoms with E-state index in [1.165, 1.54) is 10.6 Å². The van der Waals surface area contributed by atoms with Gasteiger partial charge in [0.1, 0.15) is 11.8 Å². The largest absolute Gasteiger partial charge is 0.506 e. The first kappa shape index (κ1) is 18.0. The molecule has 0 amide bonds. The Hall–Kier alpha value is -3.40. The fraction of sp³-hybridized carbons (Fsp3) is 0. The third kappa shape index (κ3) is 3.41. The minimum Gasteiger partial charge on any atom is -0.506 e. The maximum Gasteiger partial charge on any atom is 0.141 e. The molecular weight excluding hydrogens is 361 g/mol. The van der Waals surface area contributed by atoms with Crippen LogP contribution >= 0.6 is 7.92 Å². The van der Waals surface area contributed by atoms with E-state index in [2.05, 4.69) is 30.3 Å². The summed E-state index contributed by atoms with van der Waals surface area (Å²) in [5.74, 6) is 0.0468. The zero-order chi connectivity index (χ0) is 19.3. The lowest BCUT2D eigenvalue weighted by Gasteiger charge is -2.23. The van der Waals surface area contributed by atoms with Gasteiger partial charge in [0, 0.05) is 5.56 Å². The van der Waals surface area contributed by atoms with Gasteiger partial charge in [0.05, 0.1) is 5.56 Å². The van der Waals surface area contributed by atoms with E-state index in [0.717, 1.165) is 16.4 Å². The predicted octanol–water partition coefficient (Wildman–Crippen LogP) is 4.69. The van der Waals surface area contributed by atoms with E-state index >= 15 is 0 Å². The number of aromatic hydroxyl groups is 1. The fourth-order valence-corrected chi connectivity index (χ4v) is 5.81. The van der Waals surface area contributed by atoms with Crippen LogP contribution < -0.4 is 15.9 Å². The van der Waals surface area contributed by atoms with Crippen molar-refractivity contribution in [2.45, 2.75) is 0 Å². The summed E-state index contributed by atoms with van der Waals surface area (Å²) in [6.45, 7) is 0. The summed E-state index contributed by atoms with van der Waals surface area (Å²) in [6, 6.07) is 36.3. The lowest BCUT2D eigenvalue weighted by Crippen LogP contribution is -2.22. The molecule has 28 heavy (non-hydrogen) atoms. The molecular formula is C25H18NOP. The number of benzene rings is 4. The average Bonchev–Trinajstić information content (AvgIpc) is 2.76. The highest BCUT2D eigenvalue weighted by atomic mass is 31.1. The van der Waals surface area contributed by atoms with Crippen LogP contribution in [-0.4, -0.2) is 5.11 Å². The van der Waals surface area contributed by atoms with Gasteiger partial charge >= 0.3 is 0 Å². The van der Waals surface area contributed by atoms with Gasteiger partial charge in [-0.25, -0.2) is 0 Å². The van der Waals surface area contributed by atoms with E-state index in [4.69, 9.17) is 0 Å². The molecule has 0 bridgehead atoms. The third-order valence-corrected chi connectivity index (χ3v) is 7.09. The van der Waals surface area contributed by atoms with Crippen molar-refractivity contribution in [2.24, 2.45) is 0 Å². The monoisotopic (exact) mass is 379 g/mol. The summed E-state index contributed by atoms with van der Waals surface area (Å²) in [4.78, 5) is 0. The van der Waals surface area contributed by atoms with Crippen LogP contribution in [0.15, 0.2) is 103 Å². The third-order valence-electron chi connectivity index (χ3n) is 4.61. The van der Waals surface area contributed by atoms with Gasteiger partial charge in [-0.05, 0) is 35.5 Å². The van der Waals surface area contributed by atoms with Gasteiger partial charge in [-0.3, -0.25) is 0 Å². The zero-order valence-corrected chi connectivity index (χ0v) is 16.1. The van der Waals surface area contributed by atoms with Crippen LogP contribution in [0, 0.1) is 11.3 Å². The Kier molecular flexibility index (Phi) is 5.20. The molecule has 0 atom stereocenters. The lowest BCUT2D eigenvalue weighted by molar-refractivity contribution is 0.476. The highest BCUT2D eigenvalue weighted by Gasteiger charge is 2.23. The van der Waals surface area contributed by atoms with Crippen molar-refractivity contribution in [1.82, 2.24) is 0 Å². The number of hydrogen-bond donors (Lipinski definition) is 1. The number of phenolic OH excluding ortho intramolecular Hbond substituents is 1. The van der Waals surface area contributed by atoms with Gasteiger partial charge < -0.3 is 5.11 Å². The van der Waals surface area contributed by atoms with E-state index in [1.54, 1.807) is 6.07 Å². The van der Waals surface area contributed by atoms with Crippen molar-refractivity contribution < 1.29 is 5.11 Å². The van der Waals surface area contributed by atoms with Crippen molar-refractivity contribution in [2.75, 3.05) is 0 Å². The molecule has 0 unspecified atom stereocenters. The second-order valence-corrected chi connectivity index (χ2v) is 8.53. The first-order valence-electron chi connectivity index (χ1n) is 9.01. The van der Waals surface area contributed by atoms with Crippen molar-refractivity contribution in [3.63, 3.8) is 0 Å². The summed E-state index contributed by atoms with van der Waals surface area (Å²) in [5, 5.41) is 23.8. The van der Waals surface area contributed by atoms with Crippen molar-refractivity contribution >= 4 is 23.8 Å². The minimum absolute atomic E-state index is 0.0468. The van der Waals surface area contributed by atoms with Gasteiger partial charge in [0.2, 0.25) is 0 Å². The molecule has 0 saturated heterocycles. The van der Waals surface area contributed by atoms with Crippen LogP contribution in [0.2, 0.25) is 0 Å². The highest BCUT2D eigenvalue weighted by molar-refractivity contribution is 7.80. The first-order chi connectivity index (χ1) is 13.8. The van der Waals surface area contributed by atoms with E-state index in [1.807, 2.05) is 72.8 Å². The average molecular weight is 379 g/mol. The molecule has 4 aromatic carbocycles.